The van der Waals surface area contributed by atoms with Crippen LogP contribution in [-0.4, -0.2) is 30.9 Å². The summed E-state index contributed by atoms with van der Waals surface area (Å²) in [6.45, 7) is 0.672. The molecule has 3 aromatic carbocycles. The van der Waals surface area contributed by atoms with E-state index in [0.29, 0.717) is 18.9 Å². The van der Waals surface area contributed by atoms with Crippen molar-refractivity contribution in [3.05, 3.63) is 89.5 Å². The Labute approximate surface area is 183 Å². The quantitative estimate of drug-likeness (QED) is 0.431. The fourth-order valence-corrected chi connectivity index (χ4v) is 4.42. The minimum Gasteiger partial charge on any atom is -0.494 e. The van der Waals surface area contributed by atoms with Crippen LogP contribution in [0.5, 0.6) is 5.75 Å². The van der Waals surface area contributed by atoms with Crippen LogP contribution in [-0.2, 0) is 16.0 Å². The molecule has 1 N–H and O–H groups in total. The van der Waals surface area contributed by atoms with Crippen LogP contribution in [0.25, 0.3) is 11.1 Å². The second-order valence-electron chi connectivity index (χ2n) is 7.98. The average molecular weight is 417 g/mol. The van der Waals surface area contributed by atoms with Crippen molar-refractivity contribution < 1.29 is 19.4 Å². The van der Waals surface area contributed by atoms with Crippen LogP contribution < -0.4 is 4.74 Å². The van der Waals surface area contributed by atoms with Crippen molar-refractivity contribution in [2.45, 2.75) is 37.7 Å². The number of aliphatic carboxylic acids is 1. The molecule has 1 unspecified atom stereocenters. The summed E-state index contributed by atoms with van der Waals surface area (Å²) in [6, 6.07) is 25.1. The summed E-state index contributed by atoms with van der Waals surface area (Å²) in [4.78, 5) is 11.1. The van der Waals surface area contributed by atoms with Crippen molar-refractivity contribution >= 4 is 5.97 Å². The summed E-state index contributed by atoms with van der Waals surface area (Å²) in [7, 11) is 1.42. The second kappa shape index (κ2) is 9.80. The van der Waals surface area contributed by atoms with Gasteiger partial charge in [0.2, 0.25) is 0 Å². The van der Waals surface area contributed by atoms with Crippen molar-refractivity contribution in [1.82, 2.24) is 0 Å². The van der Waals surface area contributed by atoms with Crippen molar-refractivity contribution in [2.75, 3.05) is 13.7 Å². The molecule has 4 nitrogen and oxygen atoms in total. The van der Waals surface area contributed by atoms with Gasteiger partial charge in [0.05, 0.1) is 6.61 Å². The highest BCUT2D eigenvalue weighted by Gasteiger charge is 2.27. The first-order valence-electron chi connectivity index (χ1n) is 10.8. The first-order valence-corrected chi connectivity index (χ1v) is 10.8. The molecule has 0 heterocycles. The number of carbonyl (C=O) groups is 1. The lowest BCUT2D eigenvalue weighted by Gasteiger charge is -2.14. The number of carboxylic acid groups (broad SMARTS) is 1. The number of hydrogen-bond acceptors (Lipinski definition) is 3. The van der Waals surface area contributed by atoms with E-state index in [1.807, 2.05) is 24.3 Å². The van der Waals surface area contributed by atoms with E-state index in [1.165, 1.54) is 29.4 Å². The molecule has 0 saturated heterocycles. The number of ether oxygens (including phenoxy) is 2. The van der Waals surface area contributed by atoms with Gasteiger partial charge in [0, 0.05) is 19.4 Å². The third kappa shape index (κ3) is 4.80. The summed E-state index contributed by atoms with van der Waals surface area (Å²) in [5.41, 5.74) is 6.54. The smallest absolute Gasteiger partial charge is 0.333 e. The van der Waals surface area contributed by atoms with Crippen molar-refractivity contribution in [3.63, 3.8) is 0 Å². The predicted molar refractivity (Wildman–Crippen MR) is 122 cm³/mol. The third-order valence-electron chi connectivity index (χ3n) is 6.02. The lowest BCUT2D eigenvalue weighted by molar-refractivity contribution is -0.148. The van der Waals surface area contributed by atoms with E-state index >= 15 is 0 Å². The summed E-state index contributed by atoms with van der Waals surface area (Å²) < 4.78 is 10.9. The Morgan fingerprint density at radius 3 is 2.10 bits per heavy atom. The van der Waals surface area contributed by atoms with Crippen LogP contribution in [0.1, 0.15) is 41.9 Å². The number of methoxy groups -OCH3 is 1. The van der Waals surface area contributed by atoms with Gasteiger partial charge in [0.1, 0.15) is 5.75 Å². The highest BCUT2D eigenvalue weighted by atomic mass is 16.5. The first-order chi connectivity index (χ1) is 15.2. The maximum Gasteiger partial charge on any atom is 0.333 e. The molecule has 4 heteroatoms. The van der Waals surface area contributed by atoms with E-state index < -0.39 is 12.1 Å². The molecule has 1 aliphatic carbocycles. The number of fused-ring (bicyclic) bond motifs is 3. The Kier molecular flexibility index (Phi) is 6.68. The number of carboxylic acids is 1. The predicted octanol–water partition coefficient (Wildman–Crippen LogP) is 5.69. The van der Waals surface area contributed by atoms with E-state index in [0.717, 1.165) is 30.6 Å². The number of benzene rings is 3. The third-order valence-corrected chi connectivity index (χ3v) is 6.02. The second-order valence-corrected chi connectivity index (χ2v) is 7.98. The lowest BCUT2D eigenvalue weighted by atomic mass is 9.92. The van der Waals surface area contributed by atoms with Crippen molar-refractivity contribution in [2.24, 2.45) is 0 Å². The lowest BCUT2D eigenvalue weighted by Crippen LogP contribution is -2.24. The van der Waals surface area contributed by atoms with Crippen LogP contribution >= 0.6 is 0 Å². The first kappa shape index (κ1) is 21.1. The minimum atomic E-state index is -0.949. The fourth-order valence-electron chi connectivity index (χ4n) is 4.42. The van der Waals surface area contributed by atoms with Gasteiger partial charge in [-0.2, -0.15) is 0 Å². The Bertz CT molecular complexity index is 980. The van der Waals surface area contributed by atoms with E-state index in [4.69, 9.17) is 14.6 Å². The monoisotopic (exact) mass is 416 g/mol. The molecule has 31 heavy (non-hydrogen) atoms. The van der Waals surface area contributed by atoms with Gasteiger partial charge >= 0.3 is 5.97 Å². The van der Waals surface area contributed by atoms with Crippen LogP contribution in [0.15, 0.2) is 72.8 Å². The Morgan fingerprint density at radius 2 is 1.52 bits per heavy atom. The molecular formula is C27H28O4. The topological polar surface area (TPSA) is 55.8 Å². The normalized spacial score (nSPS) is 13.5. The highest BCUT2D eigenvalue weighted by molar-refractivity contribution is 5.78. The van der Waals surface area contributed by atoms with E-state index in [1.54, 1.807) is 0 Å². The fraction of sp³-hybridized carbons (Fsp3) is 0.296. The number of unbranched alkanes of at least 4 members (excludes halogenated alkanes) is 1. The van der Waals surface area contributed by atoms with Gasteiger partial charge in [-0.05, 0) is 59.2 Å². The molecule has 4 rings (SSSR count). The zero-order chi connectivity index (χ0) is 21.6. The average Bonchev–Trinajstić information content (AvgIpc) is 3.12. The molecule has 0 spiro atoms. The molecule has 160 valence electrons. The van der Waals surface area contributed by atoms with E-state index in [-0.39, 0.29) is 0 Å². The number of hydrogen-bond donors (Lipinski definition) is 1. The van der Waals surface area contributed by atoms with Crippen LogP contribution in [0.4, 0.5) is 0 Å². The molecule has 1 aliphatic rings. The SMILES string of the molecule is COC(Cc1ccc(OCCCCC2c3ccccc3-c3ccccc32)cc1)C(=O)O. The van der Waals surface area contributed by atoms with Crippen LogP contribution in [0, 0.1) is 0 Å². The molecule has 0 radical (unpaired) electrons. The number of rotatable bonds is 10. The van der Waals surface area contributed by atoms with Gasteiger partial charge in [-0.15, -0.1) is 0 Å². The molecule has 0 aromatic heterocycles. The van der Waals surface area contributed by atoms with Gasteiger partial charge in [-0.25, -0.2) is 4.79 Å². The highest BCUT2D eigenvalue weighted by Crippen LogP contribution is 2.46. The van der Waals surface area contributed by atoms with Gasteiger partial charge in [0.15, 0.2) is 6.10 Å². The van der Waals surface area contributed by atoms with E-state index in [2.05, 4.69) is 48.5 Å². The summed E-state index contributed by atoms with van der Waals surface area (Å²) >= 11 is 0. The van der Waals surface area contributed by atoms with Crippen molar-refractivity contribution in [1.29, 1.82) is 0 Å². The van der Waals surface area contributed by atoms with Gasteiger partial charge in [0.25, 0.3) is 0 Å². The summed E-state index contributed by atoms with van der Waals surface area (Å²) in [5, 5.41) is 9.09. The molecule has 0 fully saturated rings. The van der Waals surface area contributed by atoms with Crippen LogP contribution in [0.2, 0.25) is 0 Å². The van der Waals surface area contributed by atoms with Crippen LogP contribution in [0.3, 0.4) is 0 Å². The zero-order valence-corrected chi connectivity index (χ0v) is 17.8. The van der Waals surface area contributed by atoms with Gasteiger partial charge < -0.3 is 14.6 Å². The van der Waals surface area contributed by atoms with E-state index in [9.17, 15) is 4.79 Å². The molecule has 0 aliphatic heterocycles. The Morgan fingerprint density at radius 1 is 0.903 bits per heavy atom. The summed E-state index contributed by atoms with van der Waals surface area (Å²) in [5.74, 6) is 0.328. The maximum absolute atomic E-state index is 11.1. The minimum absolute atomic E-state index is 0.344. The Hall–Kier alpha value is -3.11. The van der Waals surface area contributed by atoms with Gasteiger partial charge in [-0.3, -0.25) is 0 Å². The maximum atomic E-state index is 11.1. The largest absolute Gasteiger partial charge is 0.494 e. The molecular weight excluding hydrogens is 388 g/mol. The standard InChI is InChI=1S/C27H28O4/c1-30-26(27(28)29)18-19-13-15-20(16-14-19)31-17-7-6-12-25-23-10-4-2-8-21(23)22-9-3-5-11-24(22)25/h2-5,8-11,13-16,25-26H,6-7,12,17-18H2,1H3,(H,28,29). The zero-order valence-electron chi connectivity index (χ0n) is 17.8. The molecule has 0 saturated carbocycles. The molecule has 3 aromatic rings. The van der Waals surface area contributed by atoms with Gasteiger partial charge in [-0.1, -0.05) is 60.7 Å². The molecule has 0 bridgehead atoms. The summed E-state index contributed by atoms with van der Waals surface area (Å²) in [6.07, 6.45) is 2.73. The molecule has 0 amide bonds. The molecule has 1 atom stereocenters. The Balaban J connectivity index is 1.26. The van der Waals surface area contributed by atoms with Crippen molar-refractivity contribution in [3.8, 4) is 16.9 Å².